The van der Waals surface area contributed by atoms with Crippen molar-refractivity contribution in [1.29, 1.82) is 0 Å². The summed E-state index contributed by atoms with van der Waals surface area (Å²) >= 11 is 1.35. The van der Waals surface area contributed by atoms with Gasteiger partial charge in [-0.25, -0.2) is 14.8 Å². The van der Waals surface area contributed by atoms with Crippen molar-refractivity contribution >= 4 is 40.3 Å². The second-order valence-corrected chi connectivity index (χ2v) is 9.39. The van der Waals surface area contributed by atoms with E-state index in [0.717, 1.165) is 29.4 Å². The summed E-state index contributed by atoms with van der Waals surface area (Å²) in [5.74, 6) is 1.35. The number of anilines is 2. The first-order chi connectivity index (χ1) is 15.4. The number of morpholine rings is 1. The first-order valence-electron chi connectivity index (χ1n) is 10.3. The summed E-state index contributed by atoms with van der Waals surface area (Å²) in [6, 6.07) is 3.27. The third-order valence-corrected chi connectivity index (χ3v) is 5.58. The number of nitrogens with zero attached hydrogens (tertiary/aromatic N) is 3. The second kappa shape index (κ2) is 9.60. The van der Waals surface area contributed by atoms with Crippen molar-refractivity contribution in [3.8, 4) is 0 Å². The van der Waals surface area contributed by atoms with Gasteiger partial charge in [-0.3, -0.25) is 10.3 Å². The summed E-state index contributed by atoms with van der Waals surface area (Å²) in [4.78, 5) is 26.1. The van der Waals surface area contributed by atoms with Crippen molar-refractivity contribution in [3.63, 3.8) is 0 Å². The lowest BCUT2D eigenvalue weighted by molar-refractivity contribution is 0.0250. The number of amides is 2. The van der Waals surface area contributed by atoms with Gasteiger partial charge in [-0.15, -0.1) is 0 Å². The zero-order valence-corrected chi connectivity index (χ0v) is 19.0. The monoisotopic (exact) mass is 454 g/mol. The summed E-state index contributed by atoms with van der Waals surface area (Å²) in [6.45, 7) is 8.45. The molecule has 0 saturated carbocycles. The molecule has 3 N–H and O–H groups in total. The van der Waals surface area contributed by atoms with E-state index < -0.39 is 0 Å². The van der Waals surface area contributed by atoms with E-state index in [0.29, 0.717) is 23.3 Å². The largest absolute Gasteiger partial charge is 0.441 e. The predicted molar refractivity (Wildman–Crippen MR) is 125 cm³/mol. The SMILES string of the molecule is CC(C)(C)c1cnc(C=Cc2cnc(NC(=O)Nc3ccc(C4CNCCO4)nc3)s2)o1. The molecule has 4 heterocycles. The van der Waals surface area contributed by atoms with Gasteiger partial charge in [-0.05, 0) is 18.2 Å². The molecule has 2 amide bonds. The van der Waals surface area contributed by atoms with Crippen molar-refractivity contribution < 1.29 is 13.9 Å². The average Bonchev–Trinajstić information content (AvgIpc) is 3.43. The first kappa shape index (κ1) is 22.1. The van der Waals surface area contributed by atoms with Crippen LogP contribution in [0.2, 0.25) is 0 Å². The molecule has 0 aliphatic carbocycles. The molecule has 3 aromatic rings. The van der Waals surface area contributed by atoms with Crippen molar-refractivity contribution in [1.82, 2.24) is 20.3 Å². The number of rotatable bonds is 5. The lowest BCUT2D eigenvalue weighted by Crippen LogP contribution is -2.33. The van der Waals surface area contributed by atoms with Crippen molar-refractivity contribution in [2.45, 2.75) is 32.3 Å². The summed E-state index contributed by atoms with van der Waals surface area (Å²) in [6.07, 6.45) is 8.61. The molecule has 0 bridgehead atoms. The Balaban J connectivity index is 1.30. The molecule has 0 spiro atoms. The Morgan fingerprint density at radius 1 is 1.16 bits per heavy atom. The van der Waals surface area contributed by atoms with Gasteiger partial charge in [0.05, 0.1) is 30.4 Å². The van der Waals surface area contributed by atoms with Gasteiger partial charge < -0.3 is 19.8 Å². The fraction of sp³-hybridized carbons (Fsp3) is 0.364. The lowest BCUT2D eigenvalue weighted by Gasteiger charge is -2.23. The summed E-state index contributed by atoms with van der Waals surface area (Å²) in [5.41, 5.74) is 1.33. The minimum absolute atomic E-state index is 0.0650. The van der Waals surface area contributed by atoms with Gasteiger partial charge in [0.1, 0.15) is 11.9 Å². The van der Waals surface area contributed by atoms with E-state index in [1.54, 1.807) is 30.7 Å². The summed E-state index contributed by atoms with van der Waals surface area (Å²) < 4.78 is 11.4. The molecule has 1 aliphatic heterocycles. The third kappa shape index (κ3) is 5.78. The predicted octanol–water partition coefficient (Wildman–Crippen LogP) is 4.30. The van der Waals surface area contributed by atoms with Gasteiger partial charge in [0.15, 0.2) is 5.13 Å². The smallest absolute Gasteiger partial charge is 0.325 e. The molecular weight excluding hydrogens is 428 g/mol. The van der Waals surface area contributed by atoms with E-state index in [4.69, 9.17) is 9.15 Å². The number of thiazole rings is 1. The number of carbonyl (C=O) groups is 1. The Hall–Kier alpha value is -3.08. The van der Waals surface area contributed by atoms with Gasteiger partial charge in [-0.2, -0.15) is 0 Å². The number of nitrogens with one attached hydrogen (secondary N) is 3. The van der Waals surface area contributed by atoms with Crippen LogP contribution >= 0.6 is 11.3 Å². The number of hydrogen-bond acceptors (Lipinski definition) is 8. The number of oxazole rings is 1. The highest BCUT2D eigenvalue weighted by Crippen LogP contribution is 2.25. The maximum atomic E-state index is 12.3. The third-order valence-electron chi connectivity index (χ3n) is 4.70. The molecule has 0 radical (unpaired) electrons. The van der Waals surface area contributed by atoms with Gasteiger partial charge >= 0.3 is 6.03 Å². The van der Waals surface area contributed by atoms with Crippen LogP contribution in [0.15, 0.2) is 35.1 Å². The number of urea groups is 1. The molecule has 0 aromatic carbocycles. The summed E-state index contributed by atoms with van der Waals surface area (Å²) in [7, 11) is 0. The van der Waals surface area contributed by atoms with Gasteiger partial charge in [-0.1, -0.05) is 32.1 Å². The molecule has 4 rings (SSSR count). The number of hydrogen-bond donors (Lipinski definition) is 3. The van der Waals surface area contributed by atoms with Crippen LogP contribution in [0, 0.1) is 0 Å². The maximum Gasteiger partial charge on any atom is 0.325 e. The number of aromatic nitrogens is 3. The molecular formula is C22H26N6O3S. The Labute approximate surface area is 190 Å². The fourth-order valence-electron chi connectivity index (χ4n) is 2.97. The lowest BCUT2D eigenvalue weighted by atomic mass is 9.94. The van der Waals surface area contributed by atoms with Crippen molar-refractivity contribution in [2.24, 2.45) is 0 Å². The zero-order chi connectivity index (χ0) is 22.6. The quantitative estimate of drug-likeness (QED) is 0.527. The van der Waals surface area contributed by atoms with Crippen molar-refractivity contribution in [2.75, 3.05) is 30.3 Å². The average molecular weight is 455 g/mol. The number of pyridine rings is 1. The van der Waals surface area contributed by atoms with Gasteiger partial charge in [0, 0.05) is 35.7 Å². The molecule has 1 atom stereocenters. The molecule has 1 aliphatic rings. The topological polar surface area (TPSA) is 114 Å². The van der Waals surface area contributed by atoms with Crippen LogP contribution in [0.1, 0.15) is 49.1 Å². The van der Waals surface area contributed by atoms with Crippen LogP contribution in [0.3, 0.4) is 0 Å². The molecule has 1 saturated heterocycles. The van der Waals surface area contributed by atoms with Gasteiger partial charge in [0.25, 0.3) is 0 Å². The van der Waals surface area contributed by atoms with E-state index in [9.17, 15) is 4.79 Å². The van der Waals surface area contributed by atoms with Crippen LogP contribution in [0.5, 0.6) is 0 Å². The summed E-state index contributed by atoms with van der Waals surface area (Å²) in [5, 5.41) is 9.25. The van der Waals surface area contributed by atoms with Crippen molar-refractivity contribution in [3.05, 3.63) is 52.9 Å². The fourth-order valence-corrected chi connectivity index (χ4v) is 3.68. The zero-order valence-electron chi connectivity index (χ0n) is 18.2. The Morgan fingerprint density at radius 3 is 2.72 bits per heavy atom. The van der Waals surface area contributed by atoms with Crippen LogP contribution < -0.4 is 16.0 Å². The highest BCUT2D eigenvalue weighted by atomic mass is 32.1. The molecule has 10 heteroatoms. The number of ether oxygens (including phenoxy) is 1. The van der Waals surface area contributed by atoms with E-state index in [2.05, 4.69) is 51.7 Å². The normalized spacial score (nSPS) is 16.9. The minimum atomic E-state index is -0.387. The Kier molecular flexibility index (Phi) is 6.63. The number of carbonyl (C=O) groups excluding carboxylic acids is 1. The molecule has 1 unspecified atom stereocenters. The van der Waals surface area contributed by atoms with E-state index in [1.165, 1.54) is 11.3 Å². The van der Waals surface area contributed by atoms with Crippen LogP contribution in [-0.4, -0.2) is 40.7 Å². The van der Waals surface area contributed by atoms with E-state index >= 15 is 0 Å². The molecule has 168 valence electrons. The van der Waals surface area contributed by atoms with Crippen LogP contribution in [0.25, 0.3) is 12.2 Å². The molecule has 1 fully saturated rings. The van der Waals surface area contributed by atoms with Crippen LogP contribution in [-0.2, 0) is 10.2 Å². The minimum Gasteiger partial charge on any atom is -0.441 e. The molecule has 3 aromatic heterocycles. The molecule has 32 heavy (non-hydrogen) atoms. The van der Waals surface area contributed by atoms with Gasteiger partial charge in [0.2, 0.25) is 5.89 Å². The maximum absolute atomic E-state index is 12.3. The van der Waals surface area contributed by atoms with E-state index in [-0.39, 0.29) is 17.6 Å². The van der Waals surface area contributed by atoms with E-state index in [1.807, 2.05) is 12.1 Å². The Morgan fingerprint density at radius 2 is 2.03 bits per heavy atom. The standard InChI is InChI=1S/C22H26N6O3S/c1-22(2,3)18-13-25-19(31-18)7-5-15-11-26-21(32-15)28-20(29)27-14-4-6-16(24-10-14)17-12-23-8-9-30-17/h4-7,10-11,13,17,23H,8-9,12H2,1-3H3,(H2,26,27,28,29). The second-order valence-electron chi connectivity index (χ2n) is 8.33. The highest BCUT2D eigenvalue weighted by molar-refractivity contribution is 7.16. The highest BCUT2D eigenvalue weighted by Gasteiger charge is 2.19. The molecule has 9 nitrogen and oxygen atoms in total. The van der Waals surface area contributed by atoms with Crippen LogP contribution in [0.4, 0.5) is 15.6 Å². The Bertz CT molecular complexity index is 1080. The first-order valence-corrected chi connectivity index (χ1v) is 11.1.